The Hall–Kier alpha value is -4.96. The molecule has 0 bridgehead atoms. The van der Waals surface area contributed by atoms with Gasteiger partial charge >= 0.3 is 0 Å². The lowest BCUT2D eigenvalue weighted by Crippen LogP contribution is -2.09. The number of rotatable bonds is 6. The zero-order valence-electron chi connectivity index (χ0n) is 25.3. The summed E-state index contributed by atoms with van der Waals surface area (Å²) in [6.07, 6.45) is 3.73. The van der Waals surface area contributed by atoms with Crippen molar-refractivity contribution in [1.29, 1.82) is 0 Å². The van der Waals surface area contributed by atoms with Crippen LogP contribution in [0.5, 0.6) is 0 Å². The highest BCUT2D eigenvalue weighted by Gasteiger charge is 2.25. The molecule has 0 unspecified atom stereocenters. The fourth-order valence-corrected chi connectivity index (χ4v) is 6.16. The maximum Gasteiger partial charge on any atom is 0.149 e. The normalized spacial score (nSPS) is 11.8. The van der Waals surface area contributed by atoms with Gasteiger partial charge in [-0.25, -0.2) is 4.98 Å². The zero-order valence-corrected chi connectivity index (χ0v) is 25.3. The number of aromatic nitrogens is 3. The molecule has 0 N–H and O–H groups in total. The summed E-state index contributed by atoms with van der Waals surface area (Å²) in [6.45, 7) is 11.2. The third-order valence-electron chi connectivity index (χ3n) is 8.35. The van der Waals surface area contributed by atoms with Gasteiger partial charge in [0, 0.05) is 17.3 Å². The van der Waals surface area contributed by atoms with Crippen LogP contribution < -0.4 is 0 Å². The van der Waals surface area contributed by atoms with Crippen LogP contribution in [0.2, 0.25) is 0 Å². The van der Waals surface area contributed by atoms with E-state index in [1.165, 1.54) is 27.9 Å². The van der Waals surface area contributed by atoms with Gasteiger partial charge in [-0.3, -0.25) is 9.55 Å². The number of hydrogen-bond donors (Lipinski definition) is 0. The topological polar surface area (TPSA) is 43.9 Å². The molecule has 7 aromatic rings. The molecule has 4 aromatic carbocycles. The molecular weight excluding hydrogens is 526 g/mol. The predicted molar refractivity (Wildman–Crippen MR) is 178 cm³/mol. The van der Waals surface area contributed by atoms with Gasteiger partial charge in [-0.15, -0.1) is 0 Å². The summed E-state index contributed by atoms with van der Waals surface area (Å²) < 4.78 is 8.55. The number of nitrogens with zero attached hydrogens (tertiary/aromatic N) is 3. The maximum atomic E-state index is 6.17. The second-order valence-electron chi connectivity index (χ2n) is 12.0. The second-order valence-corrected chi connectivity index (χ2v) is 12.0. The molecule has 43 heavy (non-hydrogen) atoms. The fraction of sp³-hybridized carbons (Fsp3) is 0.179. The Bertz CT molecular complexity index is 2070. The van der Waals surface area contributed by atoms with E-state index in [0.717, 1.165) is 50.2 Å². The van der Waals surface area contributed by atoms with E-state index in [4.69, 9.17) is 9.40 Å². The van der Waals surface area contributed by atoms with Gasteiger partial charge in [-0.1, -0.05) is 76.2 Å². The van der Waals surface area contributed by atoms with Crippen LogP contribution in [0.1, 0.15) is 56.4 Å². The molecule has 0 atom stereocenters. The average Bonchev–Trinajstić information content (AvgIpc) is 3.61. The lowest BCUT2D eigenvalue weighted by atomic mass is 9.88. The summed E-state index contributed by atoms with van der Waals surface area (Å²) in [5.74, 6) is 1.49. The lowest BCUT2D eigenvalue weighted by Gasteiger charge is -2.24. The summed E-state index contributed by atoms with van der Waals surface area (Å²) in [4.78, 5) is 9.66. The maximum absolute atomic E-state index is 6.17. The Balaban J connectivity index is 1.53. The number of pyridine rings is 1. The van der Waals surface area contributed by atoms with Crippen molar-refractivity contribution >= 4 is 22.0 Å². The van der Waals surface area contributed by atoms with Crippen molar-refractivity contribution in [3.8, 4) is 39.3 Å². The molecule has 0 aliphatic rings. The molecule has 3 aromatic heterocycles. The Kier molecular flexibility index (Phi) is 6.70. The molecular formula is C39H35N3O. The van der Waals surface area contributed by atoms with E-state index in [1.54, 1.807) is 0 Å². The van der Waals surface area contributed by atoms with Crippen LogP contribution in [0, 0.1) is 6.92 Å². The van der Waals surface area contributed by atoms with Crippen molar-refractivity contribution in [2.45, 2.75) is 46.5 Å². The fourth-order valence-electron chi connectivity index (χ4n) is 6.16. The van der Waals surface area contributed by atoms with Crippen LogP contribution >= 0.6 is 0 Å². The standard InChI is InChI=1S/C39H35N3O/c1-24(2)31-21-30(27-11-7-6-8-12-27)22-32(25(3)4)38(31)42-36-14-10-9-13-35(36)41-39(42)34-23-43-37-16-15-28(20-33(34)37)29-17-18-40-26(5)19-29/h6-25H,1-5H3. The summed E-state index contributed by atoms with van der Waals surface area (Å²) >= 11 is 0. The molecule has 0 aliphatic heterocycles. The van der Waals surface area contributed by atoms with E-state index in [2.05, 4.69) is 134 Å². The third kappa shape index (κ3) is 4.73. The van der Waals surface area contributed by atoms with Crippen molar-refractivity contribution in [2.75, 3.05) is 0 Å². The van der Waals surface area contributed by atoms with E-state index >= 15 is 0 Å². The number of benzene rings is 4. The van der Waals surface area contributed by atoms with Gasteiger partial charge < -0.3 is 4.42 Å². The first-order valence-corrected chi connectivity index (χ1v) is 15.0. The first kappa shape index (κ1) is 26.9. The Morgan fingerprint density at radius 3 is 2.09 bits per heavy atom. The third-order valence-corrected chi connectivity index (χ3v) is 8.35. The molecule has 0 aliphatic carbocycles. The zero-order chi connectivity index (χ0) is 29.7. The largest absolute Gasteiger partial charge is 0.464 e. The first-order valence-electron chi connectivity index (χ1n) is 15.0. The van der Waals surface area contributed by atoms with Gasteiger partial charge in [0.15, 0.2) is 0 Å². The lowest BCUT2D eigenvalue weighted by molar-refractivity contribution is 0.616. The minimum Gasteiger partial charge on any atom is -0.464 e. The molecule has 0 fully saturated rings. The number of imidazole rings is 1. The van der Waals surface area contributed by atoms with E-state index in [1.807, 2.05) is 19.4 Å². The van der Waals surface area contributed by atoms with Gasteiger partial charge in [0.05, 0.1) is 22.3 Å². The summed E-state index contributed by atoms with van der Waals surface area (Å²) in [6, 6.07) is 34.4. The summed E-state index contributed by atoms with van der Waals surface area (Å²) in [5, 5.41) is 1.04. The average molecular weight is 562 g/mol. The number of para-hydroxylation sites is 2. The molecule has 0 amide bonds. The van der Waals surface area contributed by atoms with E-state index in [9.17, 15) is 0 Å². The highest BCUT2D eigenvalue weighted by Crippen LogP contribution is 2.42. The monoisotopic (exact) mass is 561 g/mol. The highest BCUT2D eigenvalue weighted by atomic mass is 16.3. The molecule has 3 heterocycles. The first-order chi connectivity index (χ1) is 20.9. The molecule has 4 heteroatoms. The van der Waals surface area contributed by atoms with Crippen molar-refractivity contribution < 1.29 is 4.42 Å². The molecule has 0 saturated heterocycles. The van der Waals surface area contributed by atoms with Crippen LogP contribution in [-0.2, 0) is 0 Å². The van der Waals surface area contributed by atoms with Crippen LogP contribution in [0.4, 0.5) is 0 Å². The summed E-state index contributed by atoms with van der Waals surface area (Å²) in [7, 11) is 0. The van der Waals surface area contributed by atoms with E-state index < -0.39 is 0 Å². The van der Waals surface area contributed by atoms with Gasteiger partial charge in [0.25, 0.3) is 0 Å². The molecule has 0 spiro atoms. The minimum atomic E-state index is 0.299. The van der Waals surface area contributed by atoms with Gasteiger partial charge in [-0.2, -0.15) is 0 Å². The van der Waals surface area contributed by atoms with Crippen LogP contribution in [-0.4, -0.2) is 14.5 Å². The van der Waals surface area contributed by atoms with Crippen LogP contribution in [0.25, 0.3) is 61.3 Å². The van der Waals surface area contributed by atoms with Gasteiger partial charge in [0.2, 0.25) is 0 Å². The van der Waals surface area contributed by atoms with Crippen molar-refractivity contribution in [2.24, 2.45) is 0 Å². The van der Waals surface area contributed by atoms with Gasteiger partial charge in [-0.05, 0) is 101 Å². The predicted octanol–water partition coefficient (Wildman–Crippen LogP) is 10.7. The minimum absolute atomic E-state index is 0.299. The quantitative estimate of drug-likeness (QED) is 0.203. The second kappa shape index (κ2) is 10.7. The molecule has 7 rings (SSSR count). The number of fused-ring (bicyclic) bond motifs is 2. The smallest absolute Gasteiger partial charge is 0.149 e. The highest BCUT2D eigenvalue weighted by molar-refractivity contribution is 5.97. The molecule has 4 nitrogen and oxygen atoms in total. The van der Waals surface area contributed by atoms with Crippen LogP contribution in [0.15, 0.2) is 114 Å². The van der Waals surface area contributed by atoms with Crippen molar-refractivity contribution in [3.63, 3.8) is 0 Å². The van der Waals surface area contributed by atoms with E-state index in [0.29, 0.717) is 11.8 Å². The molecule has 0 radical (unpaired) electrons. The van der Waals surface area contributed by atoms with Crippen molar-refractivity contribution in [1.82, 2.24) is 14.5 Å². The number of aryl methyl sites for hydroxylation is 1. The SMILES string of the molecule is Cc1cc(-c2ccc3occ(-c4nc5ccccc5n4-c4c(C(C)C)cc(-c5ccccc5)cc4C(C)C)c3c2)ccn1. The Labute approximate surface area is 252 Å². The molecule has 212 valence electrons. The number of furan rings is 1. The van der Waals surface area contributed by atoms with Crippen molar-refractivity contribution in [3.05, 3.63) is 126 Å². The number of hydrogen-bond acceptors (Lipinski definition) is 3. The Morgan fingerprint density at radius 2 is 1.37 bits per heavy atom. The van der Waals surface area contributed by atoms with E-state index in [-0.39, 0.29) is 0 Å². The summed E-state index contributed by atoms with van der Waals surface area (Å²) in [5.41, 5.74) is 13.4. The van der Waals surface area contributed by atoms with Crippen LogP contribution in [0.3, 0.4) is 0 Å². The van der Waals surface area contributed by atoms with Gasteiger partial charge in [0.1, 0.15) is 17.7 Å². The molecule has 0 saturated carbocycles. The Morgan fingerprint density at radius 1 is 0.674 bits per heavy atom.